The number of aromatic nitrogens is 1. The van der Waals surface area contributed by atoms with Crippen molar-refractivity contribution in [3.63, 3.8) is 0 Å². The maximum absolute atomic E-state index is 12.4. The Labute approximate surface area is 130 Å². The summed E-state index contributed by atoms with van der Waals surface area (Å²) in [6, 6.07) is 0. The minimum atomic E-state index is -0.0303. The predicted octanol–water partition coefficient (Wildman–Crippen LogP) is 2.75. The summed E-state index contributed by atoms with van der Waals surface area (Å²) < 4.78 is 0. The Kier molecular flexibility index (Phi) is 5.61. The second-order valence-corrected chi connectivity index (χ2v) is 6.39. The third-order valence-electron chi connectivity index (χ3n) is 3.71. The molecule has 1 amide bonds. The highest BCUT2D eigenvalue weighted by Crippen LogP contribution is 2.30. The fraction of sp³-hybridized carbons (Fsp3) is 0.600. The van der Waals surface area contributed by atoms with Gasteiger partial charge in [0.1, 0.15) is 10.7 Å². The molecule has 0 atom stereocenters. The van der Waals surface area contributed by atoms with E-state index in [9.17, 15) is 4.79 Å². The van der Waals surface area contributed by atoms with Crippen LogP contribution in [0, 0.1) is 0 Å². The van der Waals surface area contributed by atoms with Crippen molar-refractivity contribution in [3.05, 3.63) is 17.5 Å². The van der Waals surface area contributed by atoms with Crippen molar-refractivity contribution < 1.29 is 4.79 Å². The number of nitrogens with two attached hydrogens (primary N) is 1. The summed E-state index contributed by atoms with van der Waals surface area (Å²) in [5.41, 5.74) is 5.95. The molecule has 2 heterocycles. The molecule has 0 radical (unpaired) electrons. The molecule has 2 N–H and O–H groups in total. The first-order valence-electron chi connectivity index (χ1n) is 7.51. The molecule has 0 aliphatic carbocycles. The van der Waals surface area contributed by atoms with Gasteiger partial charge in [-0.05, 0) is 32.1 Å². The highest BCUT2D eigenvalue weighted by molar-refractivity contribution is 7.18. The Hall–Kier alpha value is -1.56. The smallest absolute Gasteiger partial charge is 0.267 e. The van der Waals surface area contributed by atoms with Crippen molar-refractivity contribution >= 4 is 28.2 Å². The molecule has 0 unspecified atom stereocenters. The molecule has 1 saturated heterocycles. The summed E-state index contributed by atoms with van der Waals surface area (Å²) >= 11 is 1.42. The Bertz CT molecular complexity index is 494. The first-order chi connectivity index (χ1) is 10.1. The molecule has 116 valence electrons. The Balaban J connectivity index is 2.03. The topological polar surface area (TPSA) is 62.5 Å². The monoisotopic (exact) mass is 308 g/mol. The van der Waals surface area contributed by atoms with Crippen LogP contribution in [0.5, 0.6) is 0 Å². The summed E-state index contributed by atoms with van der Waals surface area (Å²) in [6.45, 7) is 6.42. The first-order valence-corrected chi connectivity index (χ1v) is 8.32. The molecule has 1 aliphatic heterocycles. The number of allylic oxidation sites excluding steroid dienone is 1. The van der Waals surface area contributed by atoms with E-state index in [2.05, 4.69) is 16.5 Å². The summed E-state index contributed by atoms with van der Waals surface area (Å²) in [6.07, 6.45) is 7.34. The minimum absolute atomic E-state index is 0.0303. The molecular weight excluding hydrogens is 284 g/mol. The predicted molar refractivity (Wildman–Crippen MR) is 89.0 cm³/mol. The van der Waals surface area contributed by atoms with Crippen molar-refractivity contribution in [2.45, 2.75) is 32.1 Å². The second-order valence-electron chi connectivity index (χ2n) is 5.42. The van der Waals surface area contributed by atoms with Gasteiger partial charge in [0.05, 0.1) is 0 Å². The van der Waals surface area contributed by atoms with Crippen LogP contribution >= 0.6 is 11.3 Å². The van der Waals surface area contributed by atoms with Crippen LogP contribution < -0.4 is 10.6 Å². The lowest BCUT2D eigenvalue weighted by molar-refractivity contribution is 0.0799. The Morgan fingerprint density at radius 1 is 1.48 bits per heavy atom. The number of piperidine rings is 1. The zero-order chi connectivity index (χ0) is 15.2. The number of anilines is 2. The zero-order valence-corrected chi connectivity index (χ0v) is 13.5. The molecule has 1 aliphatic rings. The molecule has 5 nitrogen and oxygen atoms in total. The van der Waals surface area contributed by atoms with E-state index < -0.39 is 0 Å². The lowest BCUT2D eigenvalue weighted by atomic mass is 10.1. The molecule has 1 aromatic rings. The van der Waals surface area contributed by atoms with Crippen LogP contribution in [0.4, 0.5) is 10.9 Å². The summed E-state index contributed by atoms with van der Waals surface area (Å²) in [5, 5.41) is 0.884. The number of unbranched alkanes of at least 4 members (excludes halogenated alkanes) is 1. The van der Waals surface area contributed by atoms with E-state index in [1.807, 2.05) is 13.1 Å². The SMILES string of the molecule is C=CCCCN(C)C(=O)c1sc(N2CCCCC2)nc1N. The Morgan fingerprint density at radius 3 is 2.86 bits per heavy atom. The number of carbonyl (C=O) groups excluding carboxylic acids is 1. The largest absolute Gasteiger partial charge is 0.382 e. The van der Waals surface area contributed by atoms with Gasteiger partial charge in [0, 0.05) is 26.7 Å². The van der Waals surface area contributed by atoms with Gasteiger partial charge in [-0.1, -0.05) is 17.4 Å². The van der Waals surface area contributed by atoms with Crippen LogP contribution in [0.15, 0.2) is 12.7 Å². The number of rotatable bonds is 6. The van der Waals surface area contributed by atoms with Crippen LogP contribution in [0.3, 0.4) is 0 Å². The van der Waals surface area contributed by atoms with Crippen LogP contribution in [0.25, 0.3) is 0 Å². The maximum atomic E-state index is 12.4. The van der Waals surface area contributed by atoms with Gasteiger partial charge in [-0.2, -0.15) is 0 Å². The summed E-state index contributed by atoms with van der Waals surface area (Å²) in [5.74, 6) is 0.332. The average Bonchev–Trinajstić information content (AvgIpc) is 2.89. The summed E-state index contributed by atoms with van der Waals surface area (Å²) in [7, 11) is 1.81. The molecule has 21 heavy (non-hydrogen) atoms. The van der Waals surface area contributed by atoms with Crippen molar-refractivity contribution in [2.24, 2.45) is 0 Å². The number of hydrogen-bond donors (Lipinski definition) is 1. The third-order valence-corrected chi connectivity index (χ3v) is 4.83. The highest BCUT2D eigenvalue weighted by atomic mass is 32.1. The van der Waals surface area contributed by atoms with E-state index in [4.69, 9.17) is 5.73 Å². The summed E-state index contributed by atoms with van der Waals surface area (Å²) in [4.78, 5) is 21.3. The van der Waals surface area contributed by atoms with Crippen molar-refractivity contribution in [3.8, 4) is 0 Å². The minimum Gasteiger partial charge on any atom is -0.382 e. The average molecular weight is 308 g/mol. The fourth-order valence-electron chi connectivity index (χ4n) is 2.44. The molecule has 6 heteroatoms. The number of amides is 1. The highest BCUT2D eigenvalue weighted by Gasteiger charge is 2.22. The van der Waals surface area contributed by atoms with Gasteiger partial charge in [0.2, 0.25) is 0 Å². The van der Waals surface area contributed by atoms with E-state index >= 15 is 0 Å². The van der Waals surface area contributed by atoms with Crippen LogP contribution in [0.2, 0.25) is 0 Å². The number of nitrogen functional groups attached to an aromatic ring is 1. The lowest BCUT2D eigenvalue weighted by Gasteiger charge is -2.25. The van der Waals surface area contributed by atoms with Gasteiger partial charge in [0.15, 0.2) is 5.13 Å². The molecule has 2 rings (SSSR count). The van der Waals surface area contributed by atoms with Gasteiger partial charge >= 0.3 is 0 Å². The van der Waals surface area contributed by atoms with Gasteiger partial charge in [0.25, 0.3) is 5.91 Å². The van der Waals surface area contributed by atoms with E-state index in [0.29, 0.717) is 17.2 Å². The van der Waals surface area contributed by atoms with E-state index in [1.54, 1.807) is 4.90 Å². The normalized spacial score (nSPS) is 15.0. The van der Waals surface area contributed by atoms with Gasteiger partial charge in [-0.25, -0.2) is 4.98 Å². The number of carbonyl (C=O) groups is 1. The second kappa shape index (κ2) is 7.45. The lowest BCUT2D eigenvalue weighted by Crippen LogP contribution is -2.29. The van der Waals surface area contributed by atoms with E-state index in [-0.39, 0.29) is 5.91 Å². The van der Waals surface area contributed by atoms with Gasteiger partial charge < -0.3 is 15.5 Å². The van der Waals surface area contributed by atoms with Crippen molar-refractivity contribution in [2.75, 3.05) is 37.3 Å². The molecule has 1 aromatic heterocycles. The molecule has 0 saturated carbocycles. The molecular formula is C15H24N4OS. The van der Waals surface area contributed by atoms with Crippen LogP contribution in [-0.2, 0) is 0 Å². The number of thiazole rings is 1. The standard InChI is InChI=1S/C15H24N4OS/c1-3-4-6-9-18(2)14(20)12-13(16)17-15(21-12)19-10-7-5-8-11-19/h3H,1,4-11,16H2,2H3. The molecule has 0 spiro atoms. The van der Waals surface area contributed by atoms with E-state index in [0.717, 1.165) is 31.1 Å². The quantitative estimate of drug-likeness (QED) is 0.648. The van der Waals surface area contributed by atoms with E-state index in [1.165, 1.54) is 30.6 Å². The molecule has 1 fully saturated rings. The van der Waals surface area contributed by atoms with Crippen LogP contribution in [-0.4, -0.2) is 42.5 Å². The van der Waals surface area contributed by atoms with Crippen molar-refractivity contribution in [1.29, 1.82) is 0 Å². The van der Waals surface area contributed by atoms with Gasteiger partial charge in [-0.15, -0.1) is 6.58 Å². The third kappa shape index (κ3) is 3.97. The van der Waals surface area contributed by atoms with Gasteiger partial charge in [-0.3, -0.25) is 4.79 Å². The van der Waals surface area contributed by atoms with Crippen LogP contribution in [0.1, 0.15) is 41.8 Å². The van der Waals surface area contributed by atoms with Crippen molar-refractivity contribution in [1.82, 2.24) is 9.88 Å². The Morgan fingerprint density at radius 2 is 2.19 bits per heavy atom. The number of hydrogen-bond acceptors (Lipinski definition) is 5. The number of nitrogens with zero attached hydrogens (tertiary/aromatic N) is 3. The first kappa shape index (κ1) is 15.8. The maximum Gasteiger partial charge on any atom is 0.267 e. The zero-order valence-electron chi connectivity index (χ0n) is 12.7. The molecule has 0 bridgehead atoms. The molecule has 0 aromatic carbocycles. The fourth-order valence-corrected chi connectivity index (χ4v) is 3.47.